The number of carbonyl (C=O) groups is 2. The fourth-order valence-electron chi connectivity index (χ4n) is 1.60. The van der Waals surface area contributed by atoms with Gasteiger partial charge in [-0.25, -0.2) is 4.79 Å². The van der Waals surface area contributed by atoms with E-state index in [2.05, 4.69) is 5.32 Å². The minimum absolute atomic E-state index is 0.00407. The predicted molar refractivity (Wildman–Crippen MR) is 74.6 cm³/mol. The Hall–Kier alpha value is -1.26. The first-order valence-electron chi connectivity index (χ1n) is 5.78. The lowest BCUT2D eigenvalue weighted by atomic mass is 10.0. The summed E-state index contributed by atoms with van der Waals surface area (Å²) >= 11 is 11.8. The van der Waals surface area contributed by atoms with Crippen LogP contribution >= 0.6 is 23.2 Å². The number of carboxylic acid groups (broad SMARTS) is 1. The third-order valence-corrected chi connectivity index (χ3v) is 3.49. The monoisotopic (exact) mass is 303 g/mol. The molecule has 1 amide bonds. The first kappa shape index (κ1) is 15.8. The van der Waals surface area contributed by atoms with E-state index in [9.17, 15) is 9.59 Å². The van der Waals surface area contributed by atoms with Crippen molar-refractivity contribution in [1.82, 2.24) is 5.32 Å². The number of hydrogen-bond donors (Lipinski definition) is 2. The van der Waals surface area contributed by atoms with Crippen LogP contribution in [0.15, 0.2) is 18.2 Å². The molecule has 0 fully saturated rings. The van der Waals surface area contributed by atoms with Gasteiger partial charge in [-0.1, -0.05) is 49.2 Å². The van der Waals surface area contributed by atoms with Crippen molar-refractivity contribution < 1.29 is 14.7 Å². The van der Waals surface area contributed by atoms with Gasteiger partial charge in [0.15, 0.2) is 0 Å². The molecule has 0 aliphatic carbocycles. The molecular weight excluding hydrogens is 289 g/mol. The van der Waals surface area contributed by atoms with E-state index in [0.717, 1.165) is 0 Å². The van der Waals surface area contributed by atoms with E-state index in [1.807, 2.05) is 0 Å². The maximum absolute atomic E-state index is 11.8. The molecule has 6 heteroatoms. The zero-order valence-corrected chi connectivity index (χ0v) is 12.1. The van der Waals surface area contributed by atoms with E-state index in [1.54, 1.807) is 32.0 Å². The molecule has 19 heavy (non-hydrogen) atoms. The number of carboxylic acids is 1. The van der Waals surface area contributed by atoms with Crippen LogP contribution in [0.3, 0.4) is 0 Å². The second-order valence-electron chi connectivity index (χ2n) is 4.52. The van der Waals surface area contributed by atoms with Crippen LogP contribution in [0.2, 0.25) is 10.0 Å². The third-order valence-electron chi connectivity index (χ3n) is 2.63. The van der Waals surface area contributed by atoms with Crippen molar-refractivity contribution in [2.24, 2.45) is 5.92 Å². The van der Waals surface area contributed by atoms with Gasteiger partial charge in [-0.2, -0.15) is 0 Å². The highest BCUT2D eigenvalue weighted by molar-refractivity contribution is 6.42. The molecule has 104 valence electrons. The summed E-state index contributed by atoms with van der Waals surface area (Å²) in [6.07, 6.45) is -0.00407. The van der Waals surface area contributed by atoms with Gasteiger partial charge in [-0.05, 0) is 17.5 Å². The van der Waals surface area contributed by atoms with Crippen LogP contribution in [-0.4, -0.2) is 23.0 Å². The molecule has 0 unspecified atom stereocenters. The Morgan fingerprint density at radius 3 is 2.47 bits per heavy atom. The molecule has 1 atom stereocenters. The van der Waals surface area contributed by atoms with Crippen molar-refractivity contribution in [2.75, 3.05) is 0 Å². The summed E-state index contributed by atoms with van der Waals surface area (Å²) in [5.74, 6) is -1.65. The summed E-state index contributed by atoms with van der Waals surface area (Å²) in [5, 5.41) is 12.1. The molecule has 0 bridgehead atoms. The minimum atomic E-state index is -1.06. The lowest BCUT2D eigenvalue weighted by Crippen LogP contribution is -2.44. The van der Waals surface area contributed by atoms with Crippen molar-refractivity contribution >= 4 is 35.1 Å². The number of amides is 1. The largest absolute Gasteiger partial charge is 0.480 e. The maximum atomic E-state index is 11.8. The number of halogens is 2. The van der Waals surface area contributed by atoms with Gasteiger partial charge >= 0.3 is 5.97 Å². The van der Waals surface area contributed by atoms with E-state index in [4.69, 9.17) is 28.3 Å². The molecular formula is C13H15Cl2NO3. The molecule has 0 aromatic heterocycles. The molecule has 1 aromatic carbocycles. The summed E-state index contributed by atoms with van der Waals surface area (Å²) < 4.78 is 0. The molecule has 0 saturated carbocycles. The topological polar surface area (TPSA) is 66.4 Å². The van der Waals surface area contributed by atoms with Crippen LogP contribution in [0, 0.1) is 5.92 Å². The Kier molecular flexibility index (Phi) is 5.63. The van der Waals surface area contributed by atoms with Crippen LogP contribution in [0.25, 0.3) is 0 Å². The van der Waals surface area contributed by atoms with E-state index in [1.165, 1.54) is 0 Å². The number of rotatable bonds is 5. The molecule has 0 spiro atoms. The van der Waals surface area contributed by atoms with Crippen molar-refractivity contribution in [1.29, 1.82) is 0 Å². The Bertz CT molecular complexity index is 489. The standard InChI is InChI=1S/C13H15Cl2NO3/c1-7(2)12(13(18)19)16-10(17)6-8-4-3-5-9(14)11(8)15/h3-5,7,12H,6H2,1-2H3,(H,16,17)(H,18,19)/t12-/m1/s1. The molecule has 1 rings (SSSR count). The lowest BCUT2D eigenvalue weighted by molar-refractivity contribution is -0.143. The van der Waals surface area contributed by atoms with E-state index in [-0.39, 0.29) is 12.3 Å². The molecule has 0 saturated heterocycles. The van der Waals surface area contributed by atoms with E-state index < -0.39 is 17.9 Å². The average Bonchev–Trinajstić information content (AvgIpc) is 2.31. The number of benzene rings is 1. The number of nitrogens with one attached hydrogen (secondary N) is 1. The minimum Gasteiger partial charge on any atom is -0.480 e. The van der Waals surface area contributed by atoms with Crippen LogP contribution in [-0.2, 0) is 16.0 Å². The zero-order chi connectivity index (χ0) is 14.6. The van der Waals surface area contributed by atoms with Crippen LogP contribution in [0.4, 0.5) is 0 Å². The molecule has 2 N–H and O–H groups in total. The zero-order valence-electron chi connectivity index (χ0n) is 10.6. The van der Waals surface area contributed by atoms with Crippen molar-refractivity contribution in [3.8, 4) is 0 Å². The molecule has 4 nitrogen and oxygen atoms in total. The lowest BCUT2D eigenvalue weighted by Gasteiger charge is -2.18. The molecule has 0 radical (unpaired) electrons. The van der Waals surface area contributed by atoms with Crippen molar-refractivity contribution in [3.05, 3.63) is 33.8 Å². The Morgan fingerprint density at radius 1 is 1.32 bits per heavy atom. The van der Waals surface area contributed by atoms with Crippen molar-refractivity contribution in [3.63, 3.8) is 0 Å². The number of hydrogen-bond acceptors (Lipinski definition) is 2. The van der Waals surface area contributed by atoms with Gasteiger partial charge in [0.2, 0.25) is 5.91 Å². The fraction of sp³-hybridized carbons (Fsp3) is 0.385. The molecule has 0 aliphatic rings. The maximum Gasteiger partial charge on any atom is 0.326 e. The fourth-order valence-corrected chi connectivity index (χ4v) is 1.98. The van der Waals surface area contributed by atoms with E-state index >= 15 is 0 Å². The summed E-state index contributed by atoms with van der Waals surface area (Å²) in [4.78, 5) is 22.8. The van der Waals surface area contributed by atoms with Gasteiger partial charge in [0.25, 0.3) is 0 Å². The van der Waals surface area contributed by atoms with Gasteiger partial charge in [-0.15, -0.1) is 0 Å². The van der Waals surface area contributed by atoms with Gasteiger partial charge in [0.1, 0.15) is 6.04 Å². The number of carbonyl (C=O) groups excluding carboxylic acids is 1. The first-order valence-corrected chi connectivity index (χ1v) is 6.53. The Balaban J connectivity index is 2.75. The van der Waals surface area contributed by atoms with Crippen LogP contribution in [0.1, 0.15) is 19.4 Å². The quantitative estimate of drug-likeness (QED) is 0.879. The highest BCUT2D eigenvalue weighted by Crippen LogP contribution is 2.25. The summed E-state index contributed by atoms with van der Waals surface area (Å²) in [5.41, 5.74) is 0.569. The SMILES string of the molecule is CC(C)[C@@H](NC(=O)Cc1cccc(Cl)c1Cl)C(=O)O. The molecule has 0 aliphatic heterocycles. The Labute approximate surface area is 121 Å². The summed E-state index contributed by atoms with van der Waals surface area (Å²) in [6, 6.07) is 4.08. The van der Waals surface area contributed by atoms with E-state index in [0.29, 0.717) is 15.6 Å². The van der Waals surface area contributed by atoms with Crippen LogP contribution < -0.4 is 5.32 Å². The molecule has 0 heterocycles. The van der Waals surface area contributed by atoms with Crippen LogP contribution in [0.5, 0.6) is 0 Å². The predicted octanol–water partition coefficient (Wildman–Crippen LogP) is 2.76. The van der Waals surface area contributed by atoms with Gasteiger partial charge in [0.05, 0.1) is 16.5 Å². The highest BCUT2D eigenvalue weighted by atomic mass is 35.5. The normalized spacial score (nSPS) is 12.3. The second kappa shape index (κ2) is 6.78. The highest BCUT2D eigenvalue weighted by Gasteiger charge is 2.23. The van der Waals surface area contributed by atoms with Gasteiger partial charge in [-0.3, -0.25) is 4.79 Å². The first-order chi connectivity index (χ1) is 8.82. The van der Waals surface area contributed by atoms with Gasteiger partial charge < -0.3 is 10.4 Å². The van der Waals surface area contributed by atoms with Gasteiger partial charge in [0, 0.05) is 0 Å². The Morgan fingerprint density at radius 2 is 1.95 bits per heavy atom. The van der Waals surface area contributed by atoms with Crippen molar-refractivity contribution in [2.45, 2.75) is 26.3 Å². The third kappa shape index (κ3) is 4.40. The average molecular weight is 304 g/mol. The summed E-state index contributed by atoms with van der Waals surface area (Å²) in [7, 11) is 0. The number of aliphatic carboxylic acids is 1. The smallest absolute Gasteiger partial charge is 0.326 e. The second-order valence-corrected chi connectivity index (χ2v) is 5.30. The summed E-state index contributed by atoms with van der Waals surface area (Å²) in [6.45, 7) is 3.46. The molecule has 1 aromatic rings.